The van der Waals surface area contributed by atoms with E-state index in [0.29, 0.717) is 24.4 Å². The van der Waals surface area contributed by atoms with Crippen molar-refractivity contribution >= 4 is 17.3 Å². The Balaban J connectivity index is 2.18. The maximum absolute atomic E-state index is 11.3. The van der Waals surface area contributed by atoms with Crippen molar-refractivity contribution in [3.8, 4) is 5.75 Å². The van der Waals surface area contributed by atoms with E-state index in [-0.39, 0.29) is 5.91 Å². The first-order chi connectivity index (χ1) is 8.20. The van der Waals surface area contributed by atoms with E-state index in [9.17, 15) is 4.79 Å². The van der Waals surface area contributed by atoms with Gasteiger partial charge in [0.2, 0.25) is 5.91 Å². The van der Waals surface area contributed by atoms with Crippen molar-refractivity contribution in [2.75, 3.05) is 37.4 Å². The fourth-order valence-electron chi connectivity index (χ4n) is 1.92. The molecule has 2 rings (SSSR count). The molecule has 17 heavy (non-hydrogen) atoms. The molecule has 0 bridgehead atoms. The maximum atomic E-state index is 11.3. The summed E-state index contributed by atoms with van der Waals surface area (Å²) in [5, 5.41) is 2.85. The summed E-state index contributed by atoms with van der Waals surface area (Å²) in [7, 11) is 1.60. The number of carbonyl (C=O) groups is 1. The molecule has 92 valence electrons. The number of nitrogens with zero attached hydrogens (tertiary/aromatic N) is 1. The number of nitrogens with two attached hydrogens (primary N) is 1. The number of amides is 1. The molecule has 1 fully saturated rings. The molecule has 0 aromatic heterocycles. The van der Waals surface area contributed by atoms with Crippen molar-refractivity contribution in [3.05, 3.63) is 18.2 Å². The predicted molar refractivity (Wildman–Crippen MR) is 67.2 cm³/mol. The van der Waals surface area contributed by atoms with Crippen LogP contribution in [0.25, 0.3) is 0 Å². The number of nitrogen functional groups attached to an aromatic ring is 1. The van der Waals surface area contributed by atoms with Crippen LogP contribution in [0.5, 0.6) is 5.75 Å². The number of carbonyl (C=O) groups excluding carboxylic acids is 1. The zero-order valence-corrected chi connectivity index (χ0v) is 9.90. The molecule has 1 aromatic carbocycles. The van der Waals surface area contributed by atoms with E-state index < -0.39 is 0 Å². The Labute approximate surface area is 101 Å². The van der Waals surface area contributed by atoms with Gasteiger partial charge in [0.1, 0.15) is 5.75 Å². The van der Waals surface area contributed by atoms with E-state index in [4.69, 9.17) is 10.5 Å². The Hall–Kier alpha value is -1.91. The molecule has 0 atom stereocenters. The number of hydrogen-bond acceptors (Lipinski definition) is 4. The average Bonchev–Trinajstić information content (AvgIpc) is 2.55. The minimum absolute atomic E-state index is 0.106. The van der Waals surface area contributed by atoms with Crippen LogP contribution in [0.3, 0.4) is 0 Å². The molecule has 1 aliphatic heterocycles. The summed E-state index contributed by atoms with van der Waals surface area (Å²) in [5.74, 6) is 0.779. The van der Waals surface area contributed by atoms with Crippen molar-refractivity contribution in [1.29, 1.82) is 0 Å². The van der Waals surface area contributed by atoms with Crippen molar-refractivity contribution in [2.45, 2.75) is 6.42 Å². The Morgan fingerprint density at radius 3 is 3.00 bits per heavy atom. The number of nitrogens with one attached hydrogen (secondary N) is 1. The normalized spacial score (nSPS) is 16.3. The molecule has 3 N–H and O–H groups in total. The van der Waals surface area contributed by atoms with Gasteiger partial charge in [-0.3, -0.25) is 4.79 Å². The van der Waals surface area contributed by atoms with Gasteiger partial charge in [0.15, 0.2) is 0 Å². The van der Waals surface area contributed by atoms with Crippen LogP contribution in [0, 0.1) is 0 Å². The standard InChI is InChI=1S/C12H17N3O2/c1-17-11-8-9(2-3-10(11)13)15-6-4-12(16)14-5-7-15/h2-3,8H,4-7,13H2,1H3,(H,14,16). The van der Waals surface area contributed by atoms with Crippen LogP contribution in [-0.2, 0) is 4.79 Å². The van der Waals surface area contributed by atoms with Crippen LogP contribution in [0.4, 0.5) is 11.4 Å². The molecular formula is C12H17N3O2. The van der Waals surface area contributed by atoms with Crippen LogP contribution in [0.2, 0.25) is 0 Å². The van der Waals surface area contributed by atoms with Crippen LogP contribution in [-0.4, -0.2) is 32.7 Å². The van der Waals surface area contributed by atoms with Crippen LogP contribution in [0.1, 0.15) is 6.42 Å². The van der Waals surface area contributed by atoms with E-state index in [1.54, 1.807) is 7.11 Å². The number of ether oxygens (including phenoxy) is 1. The molecule has 1 heterocycles. The first kappa shape index (κ1) is 11.6. The molecule has 0 unspecified atom stereocenters. The van der Waals surface area contributed by atoms with Crippen LogP contribution in [0.15, 0.2) is 18.2 Å². The lowest BCUT2D eigenvalue weighted by Gasteiger charge is -2.22. The van der Waals surface area contributed by atoms with E-state index in [1.165, 1.54) is 0 Å². The van der Waals surface area contributed by atoms with Crippen molar-refractivity contribution in [1.82, 2.24) is 5.32 Å². The van der Waals surface area contributed by atoms with Gasteiger partial charge in [-0.1, -0.05) is 0 Å². The van der Waals surface area contributed by atoms with E-state index in [1.807, 2.05) is 18.2 Å². The first-order valence-corrected chi connectivity index (χ1v) is 5.66. The highest BCUT2D eigenvalue weighted by atomic mass is 16.5. The average molecular weight is 235 g/mol. The molecule has 0 saturated carbocycles. The van der Waals surface area contributed by atoms with Gasteiger partial charge in [-0.15, -0.1) is 0 Å². The summed E-state index contributed by atoms with van der Waals surface area (Å²) in [6, 6.07) is 5.69. The Morgan fingerprint density at radius 2 is 2.24 bits per heavy atom. The molecule has 1 amide bonds. The second kappa shape index (κ2) is 4.95. The largest absolute Gasteiger partial charge is 0.495 e. The highest BCUT2D eigenvalue weighted by Gasteiger charge is 2.14. The monoisotopic (exact) mass is 235 g/mol. The molecule has 1 aliphatic rings. The lowest BCUT2D eigenvalue weighted by Crippen LogP contribution is -2.28. The third kappa shape index (κ3) is 2.61. The summed E-state index contributed by atoms with van der Waals surface area (Å²) in [5.41, 5.74) is 7.43. The SMILES string of the molecule is COc1cc(N2CCNC(=O)CC2)ccc1N. The van der Waals surface area contributed by atoms with Gasteiger partial charge in [-0.25, -0.2) is 0 Å². The highest BCUT2D eigenvalue weighted by molar-refractivity contribution is 5.77. The molecule has 0 radical (unpaired) electrons. The molecule has 5 heteroatoms. The quantitative estimate of drug-likeness (QED) is 0.737. The lowest BCUT2D eigenvalue weighted by molar-refractivity contribution is -0.120. The van der Waals surface area contributed by atoms with Crippen molar-refractivity contribution in [2.24, 2.45) is 0 Å². The molecule has 1 aromatic rings. The van der Waals surface area contributed by atoms with Gasteiger partial charge in [0.25, 0.3) is 0 Å². The van der Waals surface area contributed by atoms with E-state index in [0.717, 1.165) is 18.8 Å². The van der Waals surface area contributed by atoms with Gasteiger partial charge in [0, 0.05) is 37.8 Å². The van der Waals surface area contributed by atoms with Crippen LogP contribution >= 0.6 is 0 Å². The smallest absolute Gasteiger partial charge is 0.221 e. The van der Waals surface area contributed by atoms with E-state index in [2.05, 4.69) is 10.2 Å². The molecular weight excluding hydrogens is 218 g/mol. The minimum Gasteiger partial charge on any atom is -0.495 e. The van der Waals surface area contributed by atoms with Crippen LogP contribution < -0.4 is 20.7 Å². The predicted octanol–water partition coefficient (Wildman–Crippen LogP) is 0.604. The molecule has 1 saturated heterocycles. The fraction of sp³-hybridized carbons (Fsp3) is 0.417. The summed E-state index contributed by atoms with van der Waals surface area (Å²) in [4.78, 5) is 13.4. The number of methoxy groups -OCH3 is 1. The van der Waals surface area contributed by atoms with Gasteiger partial charge in [-0.05, 0) is 12.1 Å². The zero-order valence-electron chi connectivity index (χ0n) is 9.90. The third-order valence-corrected chi connectivity index (χ3v) is 2.89. The van der Waals surface area contributed by atoms with E-state index >= 15 is 0 Å². The van der Waals surface area contributed by atoms with Crippen molar-refractivity contribution in [3.63, 3.8) is 0 Å². The molecule has 0 aliphatic carbocycles. The second-order valence-electron chi connectivity index (χ2n) is 4.01. The Bertz CT molecular complexity index is 420. The highest BCUT2D eigenvalue weighted by Crippen LogP contribution is 2.27. The maximum Gasteiger partial charge on any atom is 0.221 e. The first-order valence-electron chi connectivity index (χ1n) is 5.66. The molecule has 5 nitrogen and oxygen atoms in total. The van der Waals surface area contributed by atoms with Gasteiger partial charge in [0.05, 0.1) is 12.8 Å². The minimum atomic E-state index is 0.106. The van der Waals surface area contributed by atoms with Crippen molar-refractivity contribution < 1.29 is 9.53 Å². The summed E-state index contributed by atoms with van der Waals surface area (Å²) in [6.45, 7) is 2.20. The lowest BCUT2D eigenvalue weighted by atomic mass is 10.2. The van der Waals surface area contributed by atoms with Gasteiger partial charge >= 0.3 is 0 Å². The summed E-state index contributed by atoms with van der Waals surface area (Å²) >= 11 is 0. The topological polar surface area (TPSA) is 67.6 Å². The molecule has 0 spiro atoms. The fourth-order valence-corrected chi connectivity index (χ4v) is 1.92. The number of rotatable bonds is 2. The number of benzene rings is 1. The zero-order chi connectivity index (χ0) is 12.3. The van der Waals surface area contributed by atoms with Gasteiger partial charge in [-0.2, -0.15) is 0 Å². The van der Waals surface area contributed by atoms with Gasteiger partial charge < -0.3 is 20.7 Å². The number of hydrogen-bond donors (Lipinski definition) is 2. The number of anilines is 2. The second-order valence-corrected chi connectivity index (χ2v) is 4.01. The Morgan fingerprint density at radius 1 is 1.41 bits per heavy atom. The Kier molecular flexibility index (Phi) is 3.37. The summed E-state index contributed by atoms with van der Waals surface area (Å²) in [6.07, 6.45) is 0.521. The third-order valence-electron chi connectivity index (χ3n) is 2.89. The summed E-state index contributed by atoms with van der Waals surface area (Å²) < 4.78 is 5.19.